The second kappa shape index (κ2) is 31.6. The Morgan fingerprint density at radius 2 is 1.55 bits per heavy atom. The number of para-hydroxylation sites is 1. The molecule has 16 nitrogen and oxygen atoms in total. The van der Waals surface area contributed by atoms with Gasteiger partial charge in [-0.3, -0.25) is 29.2 Å². The van der Waals surface area contributed by atoms with Crippen molar-refractivity contribution in [2.75, 3.05) is 50.0 Å². The molecular formula is C42H50Cl5F3N3O13P. The summed E-state index contributed by atoms with van der Waals surface area (Å²) in [7, 11) is -4.10. The number of carbonyl (C=O) groups is 5. The maximum absolute atomic E-state index is 12.7. The highest BCUT2D eigenvalue weighted by Gasteiger charge is 2.31. The number of carboxylic acid groups (broad SMARTS) is 2. The zero-order valence-electron chi connectivity index (χ0n) is 36.4. The largest absolute Gasteiger partial charge is 0.480 e. The lowest BCUT2D eigenvalue weighted by molar-refractivity contribution is -0.146. The van der Waals surface area contributed by atoms with Crippen molar-refractivity contribution in [3.05, 3.63) is 112 Å². The Bertz CT molecular complexity index is 2170. The number of aryl methyl sites for hydroxylation is 2. The van der Waals surface area contributed by atoms with Crippen molar-refractivity contribution in [2.24, 2.45) is 0 Å². The number of nitrogens with one attached hydrogen (secondary N) is 1. The highest BCUT2D eigenvalue weighted by Crippen LogP contribution is 2.37. The number of ether oxygens (including phenoxy) is 3. The van der Waals surface area contributed by atoms with Crippen molar-refractivity contribution in [3.8, 4) is 11.5 Å². The fraction of sp³-hybridized carbons (Fsp3) is 0.357. The van der Waals surface area contributed by atoms with E-state index in [4.69, 9.17) is 92.2 Å². The Kier molecular flexibility index (Phi) is 29.5. The minimum atomic E-state index is -4.56. The van der Waals surface area contributed by atoms with E-state index >= 15 is 0 Å². The van der Waals surface area contributed by atoms with E-state index in [2.05, 4.69) is 25.4 Å². The lowest BCUT2D eigenvalue weighted by atomic mass is 10.0. The fourth-order valence-corrected chi connectivity index (χ4v) is 6.04. The number of benzene rings is 3. The number of rotatable bonds is 20. The van der Waals surface area contributed by atoms with E-state index in [0.717, 1.165) is 48.4 Å². The summed E-state index contributed by atoms with van der Waals surface area (Å²) in [5, 5.41) is 18.5. The van der Waals surface area contributed by atoms with Crippen molar-refractivity contribution in [3.63, 3.8) is 0 Å². The molecule has 0 aromatic heterocycles. The van der Waals surface area contributed by atoms with Crippen molar-refractivity contribution >= 4 is 101 Å². The number of hydrogen-bond acceptors (Lipinski definition) is 10. The van der Waals surface area contributed by atoms with Crippen molar-refractivity contribution in [1.82, 2.24) is 10.2 Å². The maximum atomic E-state index is 12.7. The van der Waals surface area contributed by atoms with Crippen molar-refractivity contribution in [1.29, 1.82) is 0 Å². The molecule has 67 heavy (non-hydrogen) atoms. The summed E-state index contributed by atoms with van der Waals surface area (Å²) in [6.45, 7) is 15.4. The third-order valence-electron chi connectivity index (χ3n) is 7.88. The van der Waals surface area contributed by atoms with E-state index in [1.807, 2.05) is 32.0 Å². The van der Waals surface area contributed by atoms with Crippen LogP contribution in [0.4, 0.5) is 18.9 Å². The third kappa shape index (κ3) is 24.5. The van der Waals surface area contributed by atoms with Gasteiger partial charge in [-0.1, -0.05) is 83.7 Å². The number of halogens is 8. The van der Waals surface area contributed by atoms with Crippen molar-refractivity contribution in [2.45, 2.75) is 51.2 Å². The van der Waals surface area contributed by atoms with Crippen molar-refractivity contribution < 1.29 is 75.9 Å². The fourth-order valence-electron chi connectivity index (χ4n) is 4.81. The summed E-state index contributed by atoms with van der Waals surface area (Å²) in [6.07, 6.45) is -2.47. The summed E-state index contributed by atoms with van der Waals surface area (Å²) in [5.41, 5.74) is 2.01. The second-order valence-electron chi connectivity index (χ2n) is 13.1. The zero-order valence-corrected chi connectivity index (χ0v) is 41.1. The first kappa shape index (κ1) is 62.6. The molecule has 0 unspecified atom stereocenters. The number of hydrogen-bond donors (Lipinski definition) is 5. The number of amides is 2. The normalized spacial score (nSPS) is 11.2. The highest BCUT2D eigenvalue weighted by atomic mass is 35.5. The second-order valence-corrected chi connectivity index (χ2v) is 16.9. The molecule has 0 bridgehead atoms. The average Bonchev–Trinajstić information content (AvgIpc) is 3.24. The number of nitrogens with zero attached hydrogens (tertiary/aromatic N) is 2. The van der Waals surface area contributed by atoms with Crippen LogP contribution < -0.4 is 15.0 Å². The molecule has 0 spiro atoms. The third-order valence-corrected chi connectivity index (χ3v) is 9.74. The summed E-state index contributed by atoms with van der Waals surface area (Å²) >= 11 is 28.2. The van der Waals surface area contributed by atoms with Gasteiger partial charge in [0.25, 0.3) is 5.91 Å². The summed E-state index contributed by atoms with van der Waals surface area (Å²) in [4.78, 5) is 74.2. The lowest BCUT2D eigenvalue weighted by Crippen LogP contribution is -2.35. The molecule has 2 amide bonds. The molecule has 1 atom stereocenters. The smallest absolute Gasteiger partial charge is 0.416 e. The van der Waals surface area contributed by atoms with Crippen LogP contribution in [0.5, 0.6) is 11.5 Å². The van der Waals surface area contributed by atoms with Gasteiger partial charge in [0.1, 0.15) is 24.1 Å². The van der Waals surface area contributed by atoms with Crippen LogP contribution in [0.1, 0.15) is 47.8 Å². The molecule has 5 N–H and O–H groups in total. The minimum Gasteiger partial charge on any atom is -0.480 e. The molecular weight excluding hydrogens is 1020 g/mol. The Labute approximate surface area is 410 Å². The van der Waals surface area contributed by atoms with Gasteiger partial charge in [-0.2, -0.15) is 13.2 Å². The minimum absolute atomic E-state index is 0.0246. The van der Waals surface area contributed by atoms with Gasteiger partial charge >= 0.3 is 31.7 Å². The number of carbonyl (C=O) groups excluding carboxylic acids is 3. The predicted molar refractivity (Wildman–Crippen MR) is 251 cm³/mol. The molecule has 0 aliphatic rings. The van der Waals surface area contributed by atoms with Gasteiger partial charge in [0.05, 0.1) is 39.7 Å². The van der Waals surface area contributed by atoms with Crippen LogP contribution in [-0.2, 0) is 45.8 Å². The number of aliphatic carboxylic acids is 2. The Hall–Kier alpha value is -4.40. The summed E-state index contributed by atoms with van der Waals surface area (Å²) < 4.78 is 63.5. The average molecular weight is 1070 g/mol. The number of carboxylic acids is 2. The number of alkyl halides is 6. The topological polar surface area (TPSA) is 230 Å². The van der Waals surface area contributed by atoms with Crippen LogP contribution in [0.15, 0.2) is 79.9 Å². The molecule has 0 aliphatic carbocycles. The molecule has 3 aromatic rings. The molecule has 0 aliphatic heterocycles. The van der Waals surface area contributed by atoms with Crippen LogP contribution in [-0.4, -0.2) is 111 Å². The van der Waals surface area contributed by atoms with Gasteiger partial charge in [0.2, 0.25) is 5.91 Å². The van der Waals surface area contributed by atoms with Gasteiger partial charge in [-0.25, -0.2) is 9.59 Å². The molecule has 0 saturated carbocycles. The molecule has 3 aromatic carbocycles. The molecule has 3 rings (SSSR count). The molecule has 0 heterocycles. The van der Waals surface area contributed by atoms with E-state index in [1.54, 1.807) is 17.1 Å². The summed E-state index contributed by atoms with van der Waals surface area (Å²) in [5.74, 6) is -4.02. The first-order valence-electron chi connectivity index (χ1n) is 19.2. The molecule has 0 radical (unpaired) electrons. The van der Waals surface area contributed by atoms with Crippen LogP contribution >= 0.6 is 65.6 Å². The highest BCUT2D eigenvalue weighted by molar-refractivity contribution is 7.51. The van der Waals surface area contributed by atoms with Crippen LogP contribution in [0.25, 0.3) is 0 Å². The molecule has 0 saturated heterocycles. The van der Waals surface area contributed by atoms with Gasteiger partial charge in [-0.15, -0.1) is 24.8 Å². The van der Waals surface area contributed by atoms with Crippen LogP contribution in [0.2, 0.25) is 10.0 Å². The quantitative estimate of drug-likeness (QED) is 0.0234. The monoisotopic (exact) mass is 1070 g/mol. The Morgan fingerprint density at radius 1 is 0.940 bits per heavy atom. The SMILES string of the molecule is C=CCN(CC=C)C(=O)C(Cl)Cl.CCOCN(C(=O)CCl)c1c(C)cccc1CC.C[C@H](OC(=O)c1cc(Oc2ccc(C(F)(F)F)cc2Cl)ccc1Cl)C(=O)O.O=C(O)CNCP(=O)(O)O. The van der Waals surface area contributed by atoms with Gasteiger partial charge in [0.15, 0.2) is 10.9 Å². The van der Waals surface area contributed by atoms with Gasteiger partial charge < -0.3 is 39.1 Å². The predicted octanol–water partition coefficient (Wildman–Crippen LogP) is 9.34. The summed E-state index contributed by atoms with van der Waals surface area (Å²) in [6, 6.07) is 12.4. The number of anilines is 1. The van der Waals surface area contributed by atoms with E-state index in [0.29, 0.717) is 25.8 Å². The van der Waals surface area contributed by atoms with E-state index < -0.39 is 61.0 Å². The Balaban J connectivity index is 0.000000941. The zero-order chi connectivity index (χ0) is 51.7. The van der Waals surface area contributed by atoms with Crippen LogP contribution in [0.3, 0.4) is 0 Å². The molecule has 372 valence electrons. The lowest BCUT2D eigenvalue weighted by Gasteiger charge is -2.25. The van der Waals surface area contributed by atoms with E-state index in [-0.39, 0.29) is 51.5 Å². The number of esters is 1. The molecule has 0 fully saturated rings. The first-order valence-corrected chi connectivity index (χ1v) is 23.2. The standard InChI is InChI=1S/C17H11Cl2F3O5.C14H20ClNO2.C8H11Cl2NO.C3H8NO5P/c1-8(15(23)24)26-16(25)11-7-10(3-4-12(11)18)27-14-5-2-9(6-13(14)19)17(20,21)22;1-4-12-8-6-7-11(3)14(12)16(10-18-5-2)13(17)9-15;1-3-5-11(6-4-2)8(12)7(9)10;5-3(6)1-4-2-10(7,8)9/h2-8H,1H3,(H,23,24);6-8H,4-5,9-10H2,1-3H3;3-4,7H,1-2,5-6H2;4H,1-2H2,(H,5,6)(H2,7,8,9)/t8-;;;/m0.../s1. The first-order chi connectivity index (χ1) is 31.2. The molecule has 25 heteroatoms. The van der Waals surface area contributed by atoms with E-state index in [1.165, 1.54) is 17.0 Å². The Morgan fingerprint density at radius 3 is 2.01 bits per heavy atom. The van der Waals surface area contributed by atoms with E-state index in [9.17, 15) is 41.7 Å². The maximum Gasteiger partial charge on any atom is 0.416 e. The van der Waals surface area contributed by atoms with Gasteiger partial charge in [-0.05, 0) is 74.7 Å². The van der Waals surface area contributed by atoms with Gasteiger partial charge in [0, 0.05) is 19.7 Å². The van der Waals surface area contributed by atoms with Crippen LogP contribution in [0, 0.1) is 6.92 Å².